The first kappa shape index (κ1) is 20.8. The zero-order chi connectivity index (χ0) is 17.0. The largest absolute Gasteiger partial charge is 0.480 e. The van der Waals surface area contributed by atoms with E-state index < -0.39 is 6.10 Å². The van der Waals surface area contributed by atoms with Gasteiger partial charge >= 0.3 is 0 Å². The number of amides is 1. The Hall–Kier alpha value is -1.26. The second-order valence-electron chi connectivity index (χ2n) is 7.23. The van der Waals surface area contributed by atoms with Crippen molar-refractivity contribution in [3.8, 4) is 5.75 Å². The maximum Gasteiger partial charge on any atom is 0.263 e. The van der Waals surface area contributed by atoms with Crippen LogP contribution in [0.3, 0.4) is 0 Å². The smallest absolute Gasteiger partial charge is 0.263 e. The first-order valence-electron chi connectivity index (χ1n) is 8.64. The SMILES string of the molecule is CCC(Oc1ccccc1C(C)C)C(=O)N1CCC(C)(CN)C1.Cl. The average Bonchev–Trinajstić information content (AvgIpc) is 2.95. The van der Waals surface area contributed by atoms with Crippen molar-refractivity contribution >= 4 is 18.3 Å². The summed E-state index contributed by atoms with van der Waals surface area (Å²) in [6, 6.07) is 8.00. The predicted octanol–water partition coefficient (Wildman–Crippen LogP) is 3.59. The summed E-state index contributed by atoms with van der Waals surface area (Å²) < 4.78 is 6.11. The molecule has 136 valence electrons. The molecule has 2 atom stereocenters. The number of carbonyl (C=O) groups is 1. The Balaban J connectivity index is 0.00000288. The second-order valence-corrected chi connectivity index (χ2v) is 7.23. The van der Waals surface area contributed by atoms with E-state index in [9.17, 15) is 4.79 Å². The van der Waals surface area contributed by atoms with Gasteiger partial charge in [0, 0.05) is 13.1 Å². The van der Waals surface area contributed by atoms with Gasteiger partial charge in [-0.2, -0.15) is 0 Å². The van der Waals surface area contributed by atoms with Gasteiger partial charge in [0.25, 0.3) is 5.91 Å². The lowest BCUT2D eigenvalue weighted by Crippen LogP contribution is -2.42. The lowest BCUT2D eigenvalue weighted by molar-refractivity contribution is -0.138. The monoisotopic (exact) mass is 354 g/mol. The highest BCUT2D eigenvalue weighted by atomic mass is 35.5. The molecule has 2 N–H and O–H groups in total. The van der Waals surface area contributed by atoms with E-state index in [1.54, 1.807) is 0 Å². The molecule has 1 saturated heterocycles. The Labute approximate surface area is 152 Å². The van der Waals surface area contributed by atoms with Gasteiger partial charge in [-0.25, -0.2) is 0 Å². The highest BCUT2D eigenvalue weighted by molar-refractivity contribution is 5.85. The van der Waals surface area contributed by atoms with Crippen molar-refractivity contribution in [3.63, 3.8) is 0 Å². The van der Waals surface area contributed by atoms with Gasteiger partial charge in [-0.05, 0) is 42.3 Å². The highest BCUT2D eigenvalue weighted by Gasteiger charge is 2.37. The quantitative estimate of drug-likeness (QED) is 0.849. The van der Waals surface area contributed by atoms with Crippen LogP contribution >= 0.6 is 12.4 Å². The van der Waals surface area contributed by atoms with Gasteiger partial charge in [0.05, 0.1) is 0 Å². The lowest BCUT2D eigenvalue weighted by Gasteiger charge is -2.27. The number of halogens is 1. The topological polar surface area (TPSA) is 55.6 Å². The fraction of sp³-hybridized carbons (Fsp3) is 0.632. The molecule has 4 nitrogen and oxygen atoms in total. The Kier molecular flexibility index (Phi) is 7.56. The molecule has 2 unspecified atom stereocenters. The van der Waals surface area contributed by atoms with Crippen LogP contribution in [0.1, 0.15) is 52.0 Å². The molecule has 0 saturated carbocycles. The van der Waals surface area contributed by atoms with Crippen LogP contribution in [0.25, 0.3) is 0 Å². The summed E-state index contributed by atoms with van der Waals surface area (Å²) in [6.45, 7) is 10.5. The van der Waals surface area contributed by atoms with Gasteiger partial charge in [0.2, 0.25) is 0 Å². The summed E-state index contributed by atoms with van der Waals surface area (Å²) in [6.07, 6.45) is 1.21. The summed E-state index contributed by atoms with van der Waals surface area (Å²) >= 11 is 0. The third-order valence-corrected chi connectivity index (χ3v) is 4.82. The van der Waals surface area contributed by atoms with Gasteiger partial charge in [0.1, 0.15) is 5.75 Å². The first-order valence-corrected chi connectivity index (χ1v) is 8.64. The average molecular weight is 355 g/mol. The van der Waals surface area contributed by atoms with Crippen molar-refractivity contribution in [1.82, 2.24) is 4.90 Å². The number of hydrogen-bond donors (Lipinski definition) is 1. The van der Waals surface area contributed by atoms with Crippen molar-refractivity contribution in [2.24, 2.45) is 11.1 Å². The van der Waals surface area contributed by atoms with Gasteiger partial charge < -0.3 is 15.4 Å². The zero-order valence-corrected chi connectivity index (χ0v) is 16.1. The van der Waals surface area contributed by atoms with E-state index >= 15 is 0 Å². The molecule has 1 amide bonds. The van der Waals surface area contributed by atoms with Crippen LogP contribution in [0.2, 0.25) is 0 Å². The van der Waals surface area contributed by atoms with E-state index in [1.165, 1.54) is 0 Å². The number of carbonyl (C=O) groups excluding carboxylic acids is 1. The molecule has 0 bridgehead atoms. The van der Waals surface area contributed by atoms with Crippen LogP contribution in [-0.2, 0) is 4.79 Å². The summed E-state index contributed by atoms with van der Waals surface area (Å²) in [5.74, 6) is 1.28. The third-order valence-electron chi connectivity index (χ3n) is 4.82. The van der Waals surface area contributed by atoms with Gasteiger partial charge in [-0.3, -0.25) is 4.79 Å². The maximum atomic E-state index is 12.8. The van der Waals surface area contributed by atoms with Crippen molar-refractivity contribution in [1.29, 1.82) is 0 Å². The number of ether oxygens (including phenoxy) is 1. The number of nitrogens with zero attached hydrogens (tertiary/aromatic N) is 1. The molecule has 2 rings (SSSR count). The minimum atomic E-state index is -0.421. The second kappa shape index (κ2) is 8.72. The summed E-state index contributed by atoms with van der Waals surface area (Å²) in [4.78, 5) is 14.7. The maximum absolute atomic E-state index is 12.8. The van der Waals surface area contributed by atoms with E-state index in [0.717, 1.165) is 30.8 Å². The Bertz CT molecular complexity index is 550. The number of para-hydroxylation sites is 1. The number of nitrogens with two attached hydrogens (primary N) is 1. The molecule has 1 heterocycles. The molecule has 5 heteroatoms. The minimum absolute atomic E-state index is 0. The van der Waals surface area contributed by atoms with Crippen LogP contribution in [0.15, 0.2) is 24.3 Å². The van der Waals surface area contributed by atoms with E-state index in [-0.39, 0.29) is 23.7 Å². The lowest BCUT2D eigenvalue weighted by atomic mass is 9.90. The molecule has 1 aromatic carbocycles. The third kappa shape index (κ3) is 4.64. The Morgan fingerprint density at radius 1 is 1.38 bits per heavy atom. The molecule has 0 aromatic heterocycles. The van der Waals surface area contributed by atoms with Crippen LogP contribution < -0.4 is 10.5 Å². The zero-order valence-electron chi connectivity index (χ0n) is 15.2. The molecule has 24 heavy (non-hydrogen) atoms. The fourth-order valence-corrected chi connectivity index (χ4v) is 3.11. The van der Waals surface area contributed by atoms with Crippen molar-refractivity contribution in [3.05, 3.63) is 29.8 Å². The molecular weight excluding hydrogens is 324 g/mol. The summed E-state index contributed by atoms with van der Waals surface area (Å²) in [5.41, 5.74) is 7.04. The van der Waals surface area contributed by atoms with Gasteiger partial charge in [-0.15, -0.1) is 12.4 Å². The Morgan fingerprint density at radius 3 is 2.58 bits per heavy atom. The van der Waals surface area contributed by atoms with E-state index in [2.05, 4.69) is 26.8 Å². The van der Waals surface area contributed by atoms with E-state index in [4.69, 9.17) is 10.5 Å². The molecule has 0 spiro atoms. The van der Waals surface area contributed by atoms with E-state index in [0.29, 0.717) is 18.9 Å². The summed E-state index contributed by atoms with van der Waals surface area (Å²) in [7, 11) is 0. The van der Waals surface area contributed by atoms with E-state index in [1.807, 2.05) is 30.0 Å². The normalized spacial score (nSPS) is 21.5. The van der Waals surface area contributed by atoms with Crippen LogP contribution in [-0.4, -0.2) is 36.5 Å². The molecule has 1 aromatic rings. The molecule has 0 radical (unpaired) electrons. The Morgan fingerprint density at radius 2 is 2.04 bits per heavy atom. The number of hydrogen-bond acceptors (Lipinski definition) is 3. The molecule has 1 aliphatic rings. The first-order chi connectivity index (χ1) is 10.9. The van der Waals surface area contributed by atoms with Gasteiger partial charge in [-0.1, -0.05) is 45.9 Å². The van der Waals surface area contributed by atoms with Crippen LogP contribution in [0, 0.1) is 5.41 Å². The number of benzene rings is 1. The van der Waals surface area contributed by atoms with Crippen molar-refractivity contribution in [2.45, 2.75) is 52.6 Å². The van der Waals surface area contributed by atoms with Crippen LogP contribution in [0.4, 0.5) is 0 Å². The molecular formula is C19H31ClN2O2. The predicted molar refractivity (Wildman–Crippen MR) is 101 cm³/mol. The molecule has 0 aliphatic carbocycles. The molecule has 1 aliphatic heterocycles. The van der Waals surface area contributed by atoms with Crippen LogP contribution in [0.5, 0.6) is 5.75 Å². The standard InChI is InChI=1S/C19H30N2O2.ClH/c1-5-16(18(22)21-11-10-19(4,12-20)13-21)23-17-9-7-6-8-15(17)14(2)3;/h6-9,14,16H,5,10-13,20H2,1-4H3;1H. The van der Waals surface area contributed by atoms with Crippen molar-refractivity contribution < 1.29 is 9.53 Å². The molecule has 1 fully saturated rings. The summed E-state index contributed by atoms with van der Waals surface area (Å²) in [5, 5.41) is 0. The van der Waals surface area contributed by atoms with Crippen molar-refractivity contribution in [2.75, 3.05) is 19.6 Å². The minimum Gasteiger partial charge on any atom is -0.480 e. The number of likely N-dealkylation sites (tertiary alicyclic amines) is 1. The van der Waals surface area contributed by atoms with Gasteiger partial charge in [0.15, 0.2) is 6.10 Å². The number of rotatable bonds is 6. The fourth-order valence-electron chi connectivity index (χ4n) is 3.11. The highest BCUT2D eigenvalue weighted by Crippen LogP contribution is 2.31.